The summed E-state index contributed by atoms with van der Waals surface area (Å²) >= 11 is 5.74. The maximum absolute atomic E-state index is 10.7. The maximum atomic E-state index is 10.7. The highest BCUT2D eigenvalue weighted by molar-refractivity contribution is 6.29. The van der Waals surface area contributed by atoms with Crippen LogP contribution in [0.2, 0.25) is 5.15 Å². The van der Waals surface area contributed by atoms with Gasteiger partial charge in [0.15, 0.2) is 0 Å². The van der Waals surface area contributed by atoms with E-state index in [0.29, 0.717) is 5.82 Å². The van der Waals surface area contributed by atoms with Gasteiger partial charge in [0.05, 0.1) is 17.1 Å². The molecule has 0 saturated carbocycles. The van der Waals surface area contributed by atoms with Crippen molar-refractivity contribution in [3.8, 4) is 0 Å². The summed E-state index contributed by atoms with van der Waals surface area (Å²) in [5, 5.41) is 10.8. The number of rotatable bonds is 4. The summed E-state index contributed by atoms with van der Waals surface area (Å²) in [5.74, 6) is 0.522. The minimum atomic E-state index is -0.471. The molecule has 5 nitrogen and oxygen atoms in total. The minimum absolute atomic E-state index is 0.0369. The first kappa shape index (κ1) is 12.7. The number of nitrogens with zero attached hydrogens (tertiary/aromatic N) is 3. The van der Waals surface area contributed by atoms with Crippen LogP contribution in [0.5, 0.6) is 0 Å². The van der Waals surface area contributed by atoms with E-state index in [1.54, 1.807) is 0 Å². The van der Waals surface area contributed by atoms with Crippen molar-refractivity contribution in [2.24, 2.45) is 0 Å². The van der Waals surface area contributed by atoms with Crippen molar-refractivity contribution in [1.82, 2.24) is 4.98 Å². The van der Waals surface area contributed by atoms with Gasteiger partial charge in [-0.3, -0.25) is 10.1 Å². The van der Waals surface area contributed by atoms with E-state index in [1.807, 2.05) is 25.8 Å². The molecule has 0 aliphatic carbocycles. The molecule has 16 heavy (non-hydrogen) atoms. The molecule has 0 aliphatic rings. The van der Waals surface area contributed by atoms with Crippen LogP contribution in [-0.2, 0) is 0 Å². The number of hydrogen-bond donors (Lipinski definition) is 0. The van der Waals surface area contributed by atoms with E-state index in [-0.39, 0.29) is 16.9 Å². The van der Waals surface area contributed by atoms with Crippen molar-refractivity contribution < 1.29 is 4.92 Å². The fourth-order valence-corrected chi connectivity index (χ4v) is 1.45. The molecule has 0 fully saturated rings. The monoisotopic (exact) mass is 243 g/mol. The van der Waals surface area contributed by atoms with Gasteiger partial charge in [-0.1, -0.05) is 18.5 Å². The molecule has 0 spiro atoms. The lowest BCUT2D eigenvalue weighted by Gasteiger charge is -2.24. The Kier molecular flexibility index (Phi) is 4.06. The van der Waals surface area contributed by atoms with Gasteiger partial charge in [0.25, 0.3) is 5.69 Å². The average Bonchev–Trinajstić information content (AvgIpc) is 2.26. The van der Waals surface area contributed by atoms with E-state index >= 15 is 0 Å². The molecule has 0 aromatic carbocycles. The SMILES string of the molecule is CCC(C)N(C)c1cc([N+](=O)[O-])cc(Cl)n1. The van der Waals surface area contributed by atoms with Crippen LogP contribution in [-0.4, -0.2) is 23.0 Å². The fourth-order valence-electron chi connectivity index (χ4n) is 1.26. The van der Waals surface area contributed by atoms with E-state index in [1.165, 1.54) is 12.1 Å². The van der Waals surface area contributed by atoms with Gasteiger partial charge in [-0.2, -0.15) is 0 Å². The lowest BCUT2D eigenvalue weighted by molar-refractivity contribution is -0.384. The molecule has 0 radical (unpaired) electrons. The molecule has 1 aromatic heterocycles. The summed E-state index contributed by atoms with van der Waals surface area (Å²) in [5.41, 5.74) is -0.0369. The van der Waals surface area contributed by atoms with Gasteiger partial charge < -0.3 is 4.90 Å². The van der Waals surface area contributed by atoms with Crippen LogP contribution in [0.15, 0.2) is 12.1 Å². The number of pyridine rings is 1. The van der Waals surface area contributed by atoms with Gasteiger partial charge in [0, 0.05) is 13.1 Å². The van der Waals surface area contributed by atoms with E-state index in [2.05, 4.69) is 4.98 Å². The zero-order valence-corrected chi connectivity index (χ0v) is 10.2. The molecule has 1 atom stereocenters. The van der Waals surface area contributed by atoms with Gasteiger partial charge in [-0.05, 0) is 13.3 Å². The third-order valence-corrected chi connectivity index (χ3v) is 2.78. The second-order valence-electron chi connectivity index (χ2n) is 3.63. The van der Waals surface area contributed by atoms with Gasteiger partial charge in [-0.15, -0.1) is 0 Å². The summed E-state index contributed by atoms with van der Waals surface area (Å²) in [6.45, 7) is 4.06. The highest BCUT2D eigenvalue weighted by Gasteiger charge is 2.15. The Hall–Kier alpha value is -1.36. The average molecular weight is 244 g/mol. The normalized spacial score (nSPS) is 12.2. The maximum Gasteiger partial charge on any atom is 0.276 e. The minimum Gasteiger partial charge on any atom is -0.357 e. The summed E-state index contributed by atoms with van der Waals surface area (Å²) in [6.07, 6.45) is 0.929. The van der Waals surface area contributed by atoms with Crippen molar-refractivity contribution in [3.05, 3.63) is 27.4 Å². The Balaban J connectivity index is 3.09. The molecule has 1 rings (SSSR count). The predicted molar refractivity (Wildman–Crippen MR) is 64.1 cm³/mol. The molecular formula is C10H14ClN3O2. The molecule has 0 amide bonds. The number of aromatic nitrogens is 1. The largest absolute Gasteiger partial charge is 0.357 e. The van der Waals surface area contributed by atoms with Gasteiger partial charge in [0.2, 0.25) is 0 Å². The van der Waals surface area contributed by atoms with Crippen LogP contribution >= 0.6 is 11.6 Å². The van der Waals surface area contributed by atoms with Gasteiger partial charge in [0.1, 0.15) is 11.0 Å². The third kappa shape index (κ3) is 2.82. The molecule has 0 aliphatic heterocycles. The topological polar surface area (TPSA) is 59.3 Å². The second-order valence-corrected chi connectivity index (χ2v) is 4.02. The number of anilines is 1. The number of nitro groups is 1. The fraction of sp³-hybridized carbons (Fsp3) is 0.500. The zero-order chi connectivity index (χ0) is 12.3. The molecule has 88 valence electrons. The van der Waals surface area contributed by atoms with Crippen LogP contribution in [0.25, 0.3) is 0 Å². The van der Waals surface area contributed by atoms with E-state index in [9.17, 15) is 10.1 Å². The summed E-state index contributed by atoms with van der Waals surface area (Å²) in [4.78, 5) is 16.1. The smallest absolute Gasteiger partial charge is 0.276 e. The van der Waals surface area contributed by atoms with Crippen LogP contribution in [0.3, 0.4) is 0 Å². The molecule has 1 unspecified atom stereocenters. The summed E-state index contributed by atoms with van der Waals surface area (Å²) in [6, 6.07) is 2.93. The third-order valence-electron chi connectivity index (χ3n) is 2.59. The van der Waals surface area contributed by atoms with Crippen molar-refractivity contribution in [1.29, 1.82) is 0 Å². The number of halogens is 1. The van der Waals surface area contributed by atoms with Gasteiger partial charge >= 0.3 is 0 Å². The van der Waals surface area contributed by atoms with Crippen LogP contribution in [0.4, 0.5) is 11.5 Å². The lowest BCUT2D eigenvalue weighted by atomic mass is 10.2. The van der Waals surface area contributed by atoms with Crippen molar-refractivity contribution in [2.45, 2.75) is 26.3 Å². The van der Waals surface area contributed by atoms with Crippen LogP contribution in [0, 0.1) is 10.1 Å². The van der Waals surface area contributed by atoms with E-state index in [0.717, 1.165) is 6.42 Å². The Morgan fingerprint density at radius 3 is 2.75 bits per heavy atom. The Morgan fingerprint density at radius 1 is 1.62 bits per heavy atom. The Labute approximate surface area is 99.2 Å². The van der Waals surface area contributed by atoms with Crippen molar-refractivity contribution in [3.63, 3.8) is 0 Å². The quantitative estimate of drug-likeness (QED) is 0.464. The molecule has 0 bridgehead atoms. The lowest BCUT2D eigenvalue weighted by Crippen LogP contribution is -2.28. The molecule has 6 heteroatoms. The Bertz CT molecular complexity index is 398. The Morgan fingerprint density at radius 2 is 2.25 bits per heavy atom. The molecule has 0 N–H and O–H groups in total. The predicted octanol–water partition coefficient (Wildman–Crippen LogP) is 2.88. The second kappa shape index (κ2) is 5.12. The first-order valence-electron chi connectivity index (χ1n) is 5.00. The van der Waals surface area contributed by atoms with Crippen LogP contribution < -0.4 is 4.90 Å². The van der Waals surface area contributed by atoms with Crippen molar-refractivity contribution >= 4 is 23.1 Å². The highest BCUT2D eigenvalue weighted by atomic mass is 35.5. The first-order valence-corrected chi connectivity index (χ1v) is 5.38. The van der Waals surface area contributed by atoms with Crippen LogP contribution in [0.1, 0.15) is 20.3 Å². The van der Waals surface area contributed by atoms with E-state index < -0.39 is 4.92 Å². The number of hydrogen-bond acceptors (Lipinski definition) is 4. The summed E-state index contributed by atoms with van der Waals surface area (Å²) < 4.78 is 0. The molecule has 1 aromatic rings. The van der Waals surface area contributed by atoms with E-state index in [4.69, 9.17) is 11.6 Å². The van der Waals surface area contributed by atoms with Gasteiger partial charge in [-0.25, -0.2) is 4.98 Å². The molecular weight excluding hydrogens is 230 g/mol. The first-order chi connectivity index (χ1) is 7.45. The zero-order valence-electron chi connectivity index (χ0n) is 9.48. The van der Waals surface area contributed by atoms with Crippen molar-refractivity contribution in [2.75, 3.05) is 11.9 Å². The molecule has 1 heterocycles. The highest BCUT2D eigenvalue weighted by Crippen LogP contribution is 2.23. The molecule has 0 saturated heterocycles. The standard InChI is InChI=1S/C10H14ClN3O2/c1-4-7(2)13(3)10-6-8(14(15)16)5-9(11)12-10/h5-7H,4H2,1-3H3. The summed E-state index contributed by atoms with van der Waals surface area (Å²) in [7, 11) is 1.84.